The van der Waals surface area contributed by atoms with Crippen molar-refractivity contribution in [2.45, 2.75) is 30.7 Å². The number of thiazole rings is 1. The van der Waals surface area contributed by atoms with E-state index in [1.807, 2.05) is 12.3 Å². The van der Waals surface area contributed by atoms with E-state index >= 15 is 0 Å². The first-order valence-corrected chi connectivity index (χ1v) is 9.16. The zero-order valence-electron chi connectivity index (χ0n) is 13.7. The normalized spacial score (nSPS) is 10.6. The van der Waals surface area contributed by atoms with Gasteiger partial charge in [-0.25, -0.2) is 9.97 Å². The first-order valence-electron chi connectivity index (χ1n) is 7.46. The molecule has 0 fully saturated rings. The molecule has 0 radical (unpaired) electrons. The zero-order chi connectivity index (χ0) is 17.1. The molecule has 0 saturated heterocycles. The molecule has 24 heavy (non-hydrogen) atoms. The van der Waals surface area contributed by atoms with Gasteiger partial charge in [0.15, 0.2) is 5.13 Å². The van der Waals surface area contributed by atoms with E-state index in [0.29, 0.717) is 15.7 Å². The van der Waals surface area contributed by atoms with Crippen LogP contribution in [0, 0.1) is 20.8 Å². The van der Waals surface area contributed by atoms with Gasteiger partial charge in [0.05, 0.1) is 11.3 Å². The molecule has 4 nitrogen and oxygen atoms in total. The lowest BCUT2D eigenvalue weighted by molar-refractivity contribution is 0.102. The fraction of sp³-hybridized carbons (Fsp3) is 0.167. The quantitative estimate of drug-likeness (QED) is 0.725. The minimum atomic E-state index is -0.190. The highest BCUT2D eigenvalue weighted by Crippen LogP contribution is 2.32. The summed E-state index contributed by atoms with van der Waals surface area (Å²) in [5, 5.41) is 6.04. The number of anilines is 1. The summed E-state index contributed by atoms with van der Waals surface area (Å²) >= 11 is 2.92. The lowest BCUT2D eigenvalue weighted by Gasteiger charge is -2.09. The van der Waals surface area contributed by atoms with Gasteiger partial charge in [-0.15, -0.1) is 11.3 Å². The highest BCUT2D eigenvalue weighted by atomic mass is 32.2. The molecule has 0 bridgehead atoms. The van der Waals surface area contributed by atoms with Gasteiger partial charge < -0.3 is 0 Å². The minimum Gasteiger partial charge on any atom is -0.298 e. The van der Waals surface area contributed by atoms with E-state index in [1.54, 1.807) is 18.3 Å². The molecule has 1 aromatic carbocycles. The minimum absolute atomic E-state index is 0.190. The third-order valence-corrected chi connectivity index (χ3v) is 5.46. The Morgan fingerprint density at radius 1 is 1.21 bits per heavy atom. The van der Waals surface area contributed by atoms with E-state index in [0.717, 1.165) is 10.6 Å². The number of amides is 1. The number of rotatable bonds is 4. The van der Waals surface area contributed by atoms with Crippen LogP contribution in [-0.4, -0.2) is 15.9 Å². The molecular formula is C18H17N3OS2. The summed E-state index contributed by atoms with van der Waals surface area (Å²) in [5.74, 6) is -0.190. The molecule has 1 N–H and O–H groups in total. The van der Waals surface area contributed by atoms with Crippen molar-refractivity contribution in [2.24, 2.45) is 0 Å². The third kappa shape index (κ3) is 3.83. The second kappa shape index (κ2) is 7.15. The molecule has 0 aliphatic heterocycles. The lowest BCUT2D eigenvalue weighted by atomic mass is 10.2. The van der Waals surface area contributed by atoms with Gasteiger partial charge in [-0.3, -0.25) is 10.1 Å². The van der Waals surface area contributed by atoms with Crippen molar-refractivity contribution < 1.29 is 4.79 Å². The number of hydrogen-bond donors (Lipinski definition) is 1. The summed E-state index contributed by atoms with van der Waals surface area (Å²) in [7, 11) is 0. The van der Waals surface area contributed by atoms with Crippen LogP contribution < -0.4 is 5.32 Å². The van der Waals surface area contributed by atoms with E-state index in [9.17, 15) is 4.79 Å². The standard InChI is InChI=1S/C18H17N3OS2/c1-11-6-7-15(12(2)9-11)24-17-14(5-4-8-19-17)16(22)21-18-20-13(3)10-23-18/h4-10H,1-3H3,(H,20,21,22). The first-order chi connectivity index (χ1) is 11.5. The molecule has 3 rings (SSSR count). The Morgan fingerprint density at radius 3 is 2.75 bits per heavy atom. The van der Waals surface area contributed by atoms with Crippen LogP contribution in [0.15, 0.2) is 51.8 Å². The monoisotopic (exact) mass is 355 g/mol. The Labute approximate surface area is 149 Å². The molecule has 3 aromatic rings. The molecule has 0 saturated carbocycles. The Hall–Kier alpha value is -2.18. The first kappa shape index (κ1) is 16.7. The van der Waals surface area contributed by atoms with E-state index in [4.69, 9.17) is 0 Å². The van der Waals surface area contributed by atoms with Crippen molar-refractivity contribution in [2.75, 3.05) is 5.32 Å². The number of pyridine rings is 1. The summed E-state index contributed by atoms with van der Waals surface area (Å²) in [4.78, 5) is 22.3. The van der Waals surface area contributed by atoms with Crippen molar-refractivity contribution in [3.05, 3.63) is 64.3 Å². The number of nitrogens with zero attached hydrogens (tertiary/aromatic N) is 2. The highest BCUT2D eigenvalue weighted by Gasteiger charge is 2.15. The Morgan fingerprint density at radius 2 is 2.04 bits per heavy atom. The second-order valence-corrected chi connectivity index (χ2v) is 7.36. The second-order valence-electron chi connectivity index (χ2n) is 5.48. The van der Waals surface area contributed by atoms with Crippen LogP contribution in [0.5, 0.6) is 0 Å². The van der Waals surface area contributed by atoms with Gasteiger partial charge in [0, 0.05) is 16.5 Å². The van der Waals surface area contributed by atoms with Gasteiger partial charge in [0.1, 0.15) is 5.03 Å². The maximum atomic E-state index is 12.6. The smallest absolute Gasteiger partial charge is 0.260 e. The maximum Gasteiger partial charge on any atom is 0.260 e. The fourth-order valence-electron chi connectivity index (χ4n) is 2.24. The molecule has 0 aliphatic carbocycles. The number of aryl methyl sites for hydroxylation is 3. The van der Waals surface area contributed by atoms with Crippen LogP contribution in [0.4, 0.5) is 5.13 Å². The molecular weight excluding hydrogens is 338 g/mol. The van der Waals surface area contributed by atoms with Gasteiger partial charge in [-0.05, 0) is 44.5 Å². The van der Waals surface area contributed by atoms with Gasteiger partial charge in [-0.1, -0.05) is 29.5 Å². The van der Waals surface area contributed by atoms with Crippen LogP contribution in [0.1, 0.15) is 27.2 Å². The van der Waals surface area contributed by atoms with Gasteiger partial charge >= 0.3 is 0 Å². The van der Waals surface area contributed by atoms with Gasteiger partial charge in [0.25, 0.3) is 5.91 Å². The van der Waals surface area contributed by atoms with Crippen molar-refractivity contribution >= 4 is 34.1 Å². The Bertz CT molecular complexity index is 889. The molecule has 0 spiro atoms. The molecule has 0 aliphatic rings. The van der Waals surface area contributed by atoms with Crippen molar-refractivity contribution in [3.8, 4) is 0 Å². The molecule has 122 valence electrons. The SMILES string of the molecule is Cc1ccc(Sc2ncccc2C(=O)Nc2nc(C)cs2)c(C)c1. The Kier molecular flexibility index (Phi) is 4.97. The largest absolute Gasteiger partial charge is 0.298 e. The van der Waals surface area contributed by atoms with E-state index in [2.05, 4.69) is 47.3 Å². The van der Waals surface area contributed by atoms with E-state index in [-0.39, 0.29) is 5.91 Å². The van der Waals surface area contributed by atoms with Crippen LogP contribution in [0.25, 0.3) is 0 Å². The number of nitrogens with one attached hydrogen (secondary N) is 1. The topological polar surface area (TPSA) is 54.9 Å². The number of hydrogen-bond acceptors (Lipinski definition) is 5. The number of benzene rings is 1. The Balaban J connectivity index is 1.86. The number of carbonyl (C=O) groups excluding carboxylic acids is 1. The van der Waals surface area contributed by atoms with Gasteiger partial charge in [0.2, 0.25) is 0 Å². The maximum absolute atomic E-state index is 12.6. The summed E-state index contributed by atoms with van der Waals surface area (Å²) in [5.41, 5.74) is 3.84. The van der Waals surface area contributed by atoms with E-state index < -0.39 is 0 Å². The summed E-state index contributed by atoms with van der Waals surface area (Å²) < 4.78 is 0. The highest BCUT2D eigenvalue weighted by molar-refractivity contribution is 7.99. The van der Waals surface area contributed by atoms with Crippen molar-refractivity contribution in [3.63, 3.8) is 0 Å². The number of aromatic nitrogens is 2. The molecule has 2 heterocycles. The molecule has 6 heteroatoms. The van der Waals surface area contributed by atoms with Crippen LogP contribution >= 0.6 is 23.1 Å². The van der Waals surface area contributed by atoms with Crippen molar-refractivity contribution in [1.82, 2.24) is 9.97 Å². The zero-order valence-corrected chi connectivity index (χ0v) is 15.3. The average Bonchev–Trinajstić information content (AvgIpc) is 2.95. The van der Waals surface area contributed by atoms with E-state index in [1.165, 1.54) is 34.2 Å². The molecule has 1 amide bonds. The van der Waals surface area contributed by atoms with Crippen LogP contribution in [0.2, 0.25) is 0 Å². The number of carbonyl (C=O) groups is 1. The van der Waals surface area contributed by atoms with Gasteiger partial charge in [-0.2, -0.15) is 0 Å². The van der Waals surface area contributed by atoms with Crippen LogP contribution in [0.3, 0.4) is 0 Å². The van der Waals surface area contributed by atoms with Crippen molar-refractivity contribution in [1.29, 1.82) is 0 Å². The summed E-state index contributed by atoms with van der Waals surface area (Å²) in [6.07, 6.45) is 1.70. The lowest BCUT2D eigenvalue weighted by Crippen LogP contribution is -2.13. The molecule has 2 aromatic heterocycles. The third-order valence-electron chi connectivity index (χ3n) is 3.39. The predicted molar refractivity (Wildman–Crippen MR) is 99.1 cm³/mol. The predicted octanol–water partition coefficient (Wildman–Crippen LogP) is 4.87. The molecule has 0 atom stereocenters. The summed E-state index contributed by atoms with van der Waals surface area (Å²) in [6.45, 7) is 6.03. The molecule has 0 unspecified atom stereocenters. The fourth-order valence-corrected chi connectivity index (χ4v) is 3.87. The summed E-state index contributed by atoms with van der Waals surface area (Å²) in [6, 6.07) is 9.82. The van der Waals surface area contributed by atoms with Crippen LogP contribution in [-0.2, 0) is 0 Å². The average molecular weight is 355 g/mol.